The van der Waals surface area contributed by atoms with Gasteiger partial charge in [0.05, 0.1) is 18.2 Å². The van der Waals surface area contributed by atoms with Crippen molar-refractivity contribution in [1.29, 1.82) is 0 Å². The number of ether oxygens (including phenoxy) is 3. The summed E-state index contributed by atoms with van der Waals surface area (Å²) in [6.45, 7) is 1.38. The first-order valence-electron chi connectivity index (χ1n) is 6.57. The summed E-state index contributed by atoms with van der Waals surface area (Å²) in [6, 6.07) is 3.77. The number of rotatable bonds is 9. The van der Waals surface area contributed by atoms with Gasteiger partial charge < -0.3 is 25.3 Å². The number of amides is 1. The molecular weight excluding hydrogens is 340 g/mol. The maximum atomic E-state index is 11.6. The van der Waals surface area contributed by atoms with Gasteiger partial charge in [-0.1, -0.05) is 0 Å². The first kappa shape index (κ1) is 17.7. The Bertz CT molecular complexity index is 469. The third-order valence-corrected chi connectivity index (χ3v) is 3.29. The van der Waals surface area contributed by atoms with Gasteiger partial charge in [0.25, 0.3) is 5.91 Å². The quantitative estimate of drug-likeness (QED) is 0.644. The molecule has 0 aromatic heterocycles. The van der Waals surface area contributed by atoms with Gasteiger partial charge >= 0.3 is 0 Å². The van der Waals surface area contributed by atoms with E-state index >= 15 is 0 Å². The summed E-state index contributed by atoms with van der Waals surface area (Å²) in [7, 11) is 3.13. The van der Waals surface area contributed by atoms with Crippen molar-refractivity contribution >= 4 is 21.8 Å². The number of nitrogens with one attached hydrogen (secondary N) is 1. The van der Waals surface area contributed by atoms with Crippen LogP contribution in [0.1, 0.15) is 5.56 Å². The molecule has 0 aliphatic carbocycles. The second-order valence-electron chi connectivity index (χ2n) is 4.28. The summed E-state index contributed by atoms with van der Waals surface area (Å²) in [5, 5.41) is 2.68. The minimum Gasteiger partial charge on any atom is -0.493 e. The van der Waals surface area contributed by atoms with Crippen LogP contribution < -0.4 is 20.5 Å². The molecule has 1 amide bonds. The van der Waals surface area contributed by atoms with E-state index < -0.39 is 0 Å². The maximum Gasteiger partial charge on any atom is 0.258 e. The van der Waals surface area contributed by atoms with Gasteiger partial charge in [0.15, 0.2) is 18.1 Å². The number of carbonyl (C=O) groups excluding carboxylic acids is 1. The standard InChI is InChI=1S/C14H21BrN2O4/c1-19-6-5-17-13(18)9-21-14-11(15)7-10(3-4-16)8-12(14)20-2/h7-8H,3-6,9,16H2,1-2H3,(H,17,18). The Hall–Kier alpha value is -1.31. The fourth-order valence-corrected chi connectivity index (χ4v) is 2.31. The molecule has 0 fully saturated rings. The summed E-state index contributed by atoms with van der Waals surface area (Å²) in [6.07, 6.45) is 0.743. The van der Waals surface area contributed by atoms with Crippen LogP contribution in [-0.2, 0) is 16.0 Å². The van der Waals surface area contributed by atoms with Crippen LogP contribution in [0, 0.1) is 0 Å². The summed E-state index contributed by atoms with van der Waals surface area (Å²) in [5.74, 6) is 0.852. The monoisotopic (exact) mass is 360 g/mol. The van der Waals surface area contributed by atoms with Gasteiger partial charge in [-0.05, 0) is 46.6 Å². The molecule has 6 nitrogen and oxygen atoms in total. The summed E-state index contributed by atoms with van der Waals surface area (Å²) < 4.78 is 16.4. The Labute approximate surface area is 133 Å². The summed E-state index contributed by atoms with van der Waals surface area (Å²) in [4.78, 5) is 11.6. The SMILES string of the molecule is COCCNC(=O)COc1c(Br)cc(CCN)cc1OC. The normalized spacial score (nSPS) is 10.3. The maximum absolute atomic E-state index is 11.6. The Morgan fingerprint density at radius 3 is 2.76 bits per heavy atom. The third-order valence-electron chi connectivity index (χ3n) is 2.70. The molecule has 1 aromatic carbocycles. The summed E-state index contributed by atoms with van der Waals surface area (Å²) in [5.41, 5.74) is 6.59. The van der Waals surface area contributed by atoms with Gasteiger partial charge in [-0.3, -0.25) is 4.79 Å². The zero-order valence-electron chi connectivity index (χ0n) is 12.3. The number of benzene rings is 1. The predicted octanol–water partition coefficient (Wildman–Crippen LogP) is 1.10. The Morgan fingerprint density at radius 2 is 2.14 bits per heavy atom. The molecule has 0 saturated carbocycles. The average Bonchev–Trinajstić information content (AvgIpc) is 2.46. The van der Waals surface area contributed by atoms with E-state index in [4.69, 9.17) is 19.9 Å². The Balaban J connectivity index is 2.67. The molecule has 0 aliphatic heterocycles. The second kappa shape index (κ2) is 9.59. The molecule has 1 rings (SSSR count). The highest BCUT2D eigenvalue weighted by Gasteiger charge is 2.13. The largest absolute Gasteiger partial charge is 0.493 e. The van der Waals surface area contributed by atoms with Crippen molar-refractivity contribution in [3.8, 4) is 11.5 Å². The number of halogens is 1. The van der Waals surface area contributed by atoms with Crippen LogP contribution in [0.2, 0.25) is 0 Å². The molecule has 1 aromatic rings. The highest BCUT2D eigenvalue weighted by Crippen LogP contribution is 2.36. The van der Waals surface area contributed by atoms with Crippen LogP contribution in [0.15, 0.2) is 16.6 Å². The van der Waals surface area contributed by atoms with Crippen molar-refractivity contribution in [2.24, 2.45) is 5.73 Å². The molecule has 0 radical (unpaired) electrons. The minimum absolute atomic E-state index is 0.0884. The minimum atomic E-state index is -0.216. The Morgan fingerprint density at radius 1 is 1.38 bits per heavy atom. The molecule has 0 atom stereocenters. The van der Waals surface area contributed by atoms with Gasteiger partial charge in [0.1, 0.15) is 0 Å². The van der Waals surface area contributed by atoms with E-state index in [1.807, 2.05) is 12.1 Å². The third kappa shape index (κ3) is 5.91. The molecule has 0 unspecified atom stereocenters. The van der Waals surface area contributed by atoms with Crippen LogP contribution >= 0.6 is 15.9 Å². The number of hydrogen-bond donors (Lipinski definition) is 2. The van der Waals surface area contributed by atoms with Crippen LogP contribution in [0.25, 0.3) is 0 Å². The van der Waals surface area contributed by atoms with Crippen LogP contribution in [-0.4, -0.2) is 46.4 Å². The van der Waals surface area contributed by atoms with E-state index in [9.17, 15) is 4.79 Å². The van der Waals surface area contributed by atoms with Gasteiger partial charge in [0, 0.05) is 13.7 Å². The lowest BCUT2D eigenvalue weighted by Crippen LogP contribution is -2.31. The number of methoxy groups -OCH3 is 2. The van der Waals surface area contributed by atoms with Crippen molar-refractivity contribution in [3.63, 3.8) is 0 Å². The molecule has 0 heterocycles. The van der Waals surface area contributed by atoms with Crippen molar-refractivity contribution in [2.75, 3.05) is 40.5 Å². The molecule has 7 heteroatoms. The van der Waals surface area contributed by atoms with E-state index in [2.05, 4.69) is 21.2 Å². The molecule has 0 spiro atoms. The van der Waals surface area contributed by atoms with E-state index in [0.29, 0.717) is 31.2 Å². The van der Waals surface area contributed by atoms with Crippen LogP contribution in [0.4, 0.5) is 0 Å². The van der Waals surface area contributed by atoms with Crippen molar-refractivity contribution in [2.45, 2.75) is 6.42 Å². The molecule has 3 N–H and O–H groups in total. The molecule has 21 heavy (non-hydrogen) atoms. The first-order chi connectivity index (χ1) is 10.1. The molecule has 0 saturated heterocycles. The fourth-order valence-electron chi connectivity index (χ4n) is 1.71. The lowest BCUT2D eigenvalue weighted by Gasteiger charge is -2.14. The topological polar surface area (TPSA) is 82.8 Å². The van der Waals surface area contributed by atoms with E-state index in [1.165, 1.54) is 0 Å². The van der Waals surface area contributed by atoms with Gasteiger partial charge in [-0.25, -0.2) is 0 Å². The average molecular weight is 361 g/mol. The highest BCUT2D eigenvalue weighted by molar-refractivity contribution is 9.10. The first-order valence-corrected chi connectivity index (χ1v) is 7.36. The van der Waals surface area contributed by atoms with Crippen molar-refractivity contribution < 1.29 is 19.0 Å². The zero-order valence-corrected chi connectivity index (χ0v) is 13.9. The van der Waals surface area contributed by atoms with E-state index in [1.54, 1.807) is 14.2 Å². The van der Waals surface area contributed by atoms with Gasteiger partial charge in [0.2, 0.25) is 0 Å². The predicted molar refractivity (Wildman–Crippen MR) is 83.8 cm³/mol. The molecular formula is C14H21BrN2O4. The highest BCUT2D eigenvalue weighted by atomic mass is 79.9. The zero-order chi connectivity index (χ0) is 15.7. The Kier molecular flexibility index (Phi) is 8.11. The number of nitrogens with two attached hydrogens (primary N) is 1. The van der Waals surface area contributed by atoms with Crippen LogP contribution in [0.3, 0.4) is 0 Å². The van der Waals surface area contributed by atoms with E-state index in [0.717, 1.165) is 16.5 Å². The van der Waals surface area contributed by atoms with Gasteiger partial charge in [-0.2, -0.15) is 0 Å². The molecule has 0 bridgehead atoms. The fraction of sp³-hybridized carbons (Fsp3) is 0.500. The smallest absolute Gasteiger partial charge is 0.258 e. The van der Waals surface area contributed by atoms with Gasteiger partial charge in [-0.15, -0.1) is 0 Å². The molecule has 0 aliphatic rings. The lowest BCUT2D eigenvalue weighted by atomic mass is 10.1. The van der Waals surface area contributed by atoms with Crippen LogP contribution in [0.5, 0.6) is 11.5 Å². The van der Waals surface area contributed by atoms with E-state index in [-0.39, 0.29) is 12.5 Å². The van der Waals surface area contributed by atoms with Crippen molar-refractivity contribution in [1.82, 2.24) is 5.32 Å². The second-order valence-corrected chi connectivity index (χ2v) is 5.13. The molecule has 118 valence electrons. The summed E-state index contributed by atoms with van der Waals surface area (Å²) >= 11 is 3.43. The van der Waals surface area contributed by atoms with Crippen molar-refractivity contribution in [3.05, 3.63) is 22.2 Å². The number of hydrogen-bond acceptors (Lipinski definition) is 5. The lowest BCUT2D eigenvalue weighted by molar-refractivity contribution is -0.123. The number of carbonyl (C=O) groups is 1.